The van der Waals surface area contributed by atoms with Crippen molar-refractivity contribution < 1.29 is 4.42 Å². The first-order valence-corrected chi connectivity index (χ1v) is 6.80. The second kappa shape index (κ2) is 5.17. The molecule has 0 radical (unpaired) electrons. The highest BCUT2D eigenvalue weighted by molar-refractivity contribution is 6.30. The van der Waals surface area contributed by atoms with Crippen molar-refractivity contribution in [3.8, 4) is 11.3 Å². The van der Waals surface area contributed by atoms with Crippen molar-refractivity contribution in [2.75, 3.05) is 6.54 Å². The first-order chi connectivity index (χ1) is 8.83. The van der Waals surface area contributed by atoms with E-state index in [-0.39, 0.29) is 0 Å². The van der Waals surface area contributed by atoms with Crippen LogP contribution in [0.1, 0.15) is 31.1 Å². The van der Waals surface area contributed by atoms with E-state index in [2.05, 4.69) is 11.4 Å². The molecule has 0 amide bonds. The van der Waals surface area contributed by atoms with Crippen LogP contribution in [0.2, 0.25) is 5.02 Å². The Hall–Kier alpha value is -1.25. The largest absolute Gasteiger partial charge is 0.459 e. The van der Waals surface area contributed by atoms with E-state index in [1.54, 1.807) is 0 Å². The third-order valence-electron chi connectivity index (χ3n) is 3.41. The molecule has 1 aliphatic rings. The fourth-order valence-electron chi connectivity index (χ4n) is 2.40. The Morgan fingerprint density at radius 3 is 2.61 bits per heavy atom. The van der Waals surface area contributed by atoms with Gasteiger partial charge in [-0.1, -0.05) is 18.0 Å². The average molecular weight is 262 g/mol. The van der Waals surface area contributed by atoms with Gasteiger partial charge in [0.15, 0.2) is 0 Å². The summed E-state index contributed by atoms with van der Waals surface area (Å²) in [5.74, 6) is 1.95. The zero-order valence-corrected chi connectivity index (χ0v) is 10.9. The lowest BCUT2D eigenvalue weighted by molar-refractivity contribution is 0.353. The number of nitrogens with one attached hydrogen (secondary N) is 1. The molecule has 3 heteroatoms. The van der Waals surface area contributed by atoms with Gasteiger partial charge < -0.3 is 9.73 Å². The predicted molar refractivity (Wildman–Crippen MR) is 73.7 cm³/mol. The molecule has 1 atom stereocenters. The molecule has 3 rings (SSSR count). The van der Waals surface area contributed by atoms with Gasteiger partial charge in [0.25, 0.3) is 0 Å². The van der Waals surface area contributed by atoms with E-state index in [0.717, 1.165) is 35.1 Å². The van der Waals surface area contributed by atoms with Crippen LogP contribution in [0.3, 0.4) is 0 Å². The second-order valence-corrected chi connectivity index (χ2v) is 5.15. The SMILES string of the molecule is Clc1ccc(-c2ccc([C@H]3CCCCN3)o2)cc1. The summed E-state index contributed by atoms with van der Waals surface area (Å²) in [4.78, 5) is 0. The minimum Gasteiger partial charge on any atom is -0.459 e. The molecule has 1 aliphatic heterocycles. The number of hydrogen-bond donors (Lipinski definition) is 1. The number of piperidine rings is 1. The Bertz CT molecular complexity index is 512. The van der Waals surface area contributed by atoms with Gasteiger partial charge in [0.2, 0.25) is 0 Å². The van der Waals surface area contributed by atoms with Gasteiger partial charge in [0.05, 0.1) is 6.04 Å². The maximum absolute atomic E-state index is 5.94. The second-order valence-electron chi connectivity index (χ2n) is 4.71. The van der Waals surface area contributed by atoms with Crippen molar-refractivity contribution in [3.63, 3.8) is 0 Å². The predicted octanol–water partition coefficient (Wildman–Crippen LogP) is 4.41. The van der Waals surface area contributed by atoms with Crippen LogP contribution in [0.5, 0.6) is 0 Å². The zero-order chi connectivity index (χ0) is 12.4. The molecule has 2 aromatic rings. The Morgan fingerprint density at radius 2 is 1.89 bits per heavy atom. The highest BCUT2D eigenvalue weighted by Crippen LogP contribution is 2.29. The standard InChI is InChI=1S/C15H16ClNO/c16-12-6-4-11(5-7-12)14-8-9-15(18-14)13-3-1-2-10-17-13/h4-9,13,17H,1-3,10H2/t13-/m1/s1. The summed E-state index contributed by atoms with van der Waals surface area (Å²) in [7, 11) is 0. The van der Waals surface area contributed by atoms with E-state index in [1.165, 1.54) is 12.8 Å². The minimum absolute atomic E-state index is 0.375. The maximum atomic E-state index is 5.94. The van der Waals surface area contributed by atoms with Crippen molar-refractivity contribution in [1.29, 1.82) is 0 Å². The summed E-state index contributed by atoms with van der Waals surface area (Å²) in [5.41, 5.74) is 1.07. The molecule has 94 valence electrons. The number of furan rings is 1. The average Bonchev–Trinajstić information content (AvgIpc) is 2.90. The summed E-state index contributed by atoms with van der Waals surface area (Å²) in [6.07, 6.45) is 3.70. The molecule has 1 saturated heterocycles. The van der Waals surface area contributed by atoms with Gasteiger partial charge in [0, 0.05) is 10.6 Å². The fraction of sp³-hybridized carbons (Fsp3) is 0.333. The van der Waals surface area contributed by atoms with Gasteiger partial charge in [-0.2, -0.15) is 0 Å². The van der Waals surface area contributed by atoms with E-state index in [0.29, 0.717) is 6.04 Å². The monoisotopic (exact) mass is 261 g/mol. The smallest absolute Gasteiger partial charge is 0.134 e. The highest BCUT2D eigenvalue weighted by Gasteiger charge is 2.18. The first kappa shape index (κ1) is 11.8. The van der Waals surface area contributed by atoms with E-state index in [4.69, 9.17) is 16.0 Å². The molecule has 1 fully saturated rings. The minimum atomic E-state index is 0.375. The van der Waals surface area contributed by atoms with Crippen LogP contribution < -0.4 is 5.32 Å². The summed E-state index contributed by atoms with van der Waals surface area (Å²) >= 11 is 5.89. The molecule has 0 bridgehead atoms. The zero-order valence-electron chi connectivity index (χ0n) is 10.2. The van der Waals surface area contributed by atoms with Gasteiger partial charge in [-0.25, -0.2) is 0 Å². The van der Waals surface area contributed by atoms with E-state index in [1.807, 2.05) is 30.3 Å². The van der Waals surface area contributed by atoms with Crippen LogP contribution in [-0.4, -0.2) is 6.54 Å². The van der Waals surface area contributed by atoms with Crippen LogP contribution in [0.15, 0.2) is 40.8 Å². The van der Waals surface area contributed by atoms with Crippen molar-refractivity contribution in [3.05, 3.63) is 47.2 Å². The molecule has 1 aromatic heterocycles. The van der Waals surface area contributed by atoms with Crippen molar-refractivity contribution in [2.45, 2.75) is 25.3 Å². The van der Waals surface area contributed by atoms with Crippen LogP contribution in [0, 0.1) is 0 Å². The molecule has 2 heterocycles. The number of halogens is 1. The maximum Gasteiger partial charge on any atom is 0.134 e. The number of hydrogen-bond acceptors (Lipinski definition) is 2. The lowest BCUT2D eigenvalue weighted by Gasteiger charge is -2.21. The fourth-order valence-corrected chi connectivity index (χ4v) is 2.53. The van der Waals surface area contributed by atoms with Gasteiger partial charge in [-0.15, -0.1) is 0 Å². The van der Waals surface area contributed by atoms with Crippen molar-refractivity contribution >= 4 is 11.6 Å². The number of rotatable bonds is 2. The lowest BCUT2D eigenvalue weighted by Crippen LogP contribution is -2.26. The third-order valence-corrected chi connectivity index (χ3v) is 3.66. The van der Waals surface area contributed by atoms with Crippen LogP contribution >= 0.6 is 11.6 Å². The normalized spacial score (nSPS) is 19.9. The molecule has 0 spiro atoms. The first-order valence-electron chi connectivity index (χ1n) is 6.42. The molecular weight excluding hydrogens is 246 g/mol. The molecular formula is C15H16ClNO. The Labute approximate surface area is 112 Å². The van der Waals surface area contributed by atoms with Crippen LogP contribution in [0.25, 0.3) is 11.3 Å². The van der Waals surface area contributed by atoms with Crippen molar-refractivity contribution in [2.24, 2.45) is 0 Å². The molecule has 0 aliphatic carbocycles. The van der Waals surface area contributed by atoms with E-state index in [9.17, 15) is 0 Å². The summed E-state index contributed by atoms with van der Waals surface area (Å²) < 4.78 is 5.94. The van der Waals surface area contributed by atoms with E-state index < -0.39 is 0 Å². The molecule has 1 aromatic carbocycles. The highest BCUT2D eigenvalue weighted by atomic mass is 35.5. The van der Waals surface area contributed by atoms with E-state index >= 15 is 0 Å². The third kappa shape index (κ3) is 2.45. The van der Waals surface area contributed by atoms with Gasteiger partial charge >= 0.3 is 0 Å². The summed E-state index contributed by atoms with van der Waals surface area (Å²) in [6.45, 7) is 1.08. The molecule has 1 N–H and O–H groups in total. The van der Waals surface area contributed by atoms with Crippen LogP contribution in [0.4, 0.5) is 0 Å². The topological polar surface area (TPSA) is 25.2 Å². The van der Waals surface area contributed by atoms with Crippen molar-refractivity contribution in [1.82, 2.24) is 5.32 Å². The molecule has 2 nitrogen and oxygen atoms in total. The summed E-state index contributed by atoms with van der Waals surface area (Å²) in [6, 6.07) is 12.2. The van der Waals surface area contributed by atoms with Gasteiger partial charge in [-0.3, -0.25) is 0 Å². The molecule has 0 saturated carbocycles. The van der Waals surface area contributed by atoms with Gasteiger partial charge in [0.1, 0.15) is 11.5 Å². The molecule has 18 heavy (non-hydrogen) atoms. The Balaban J connectivity index is 1.82. The lowest BCUT2D eigenvalue weighted by atomic mass is 10.0. The Kier molecular flexibility index (Phi) is 3.39. The molecule has 0 unspecified atom stereocenters. The van der Waals surface area contributed by atoms with Gasteiger partial charge in [-0.05, 0) is 55.8 Å². The Morgan fingerprint density at radius 1 is 1.06 bits per heavy atom. The number of benzene rings is 1. The quantitative estimate of drug-likeness (QED) is 0.866. The van der Waals surface area contributed by atoms with Crippen LogP contribution in [-0.2, 0) is 0 Å². The summed E-state index contributed by atoms with van der Waals surface area (Å²) in [5, 5.41) is 4.24.